The first-order valence-electron chi connectivity index (χ1n) is 8.07. The second-order valence-corrected chi connectivity index (χ2v) is 5.88. The zero-order chi connectivity index (χ0) is 17.8. The molecule has 0 unspecified atom stereocenters. The first kappa shape index (κ1) is 16.8. The molecule has 0 fully saturated rings. The summed E-state index contributed by atoms with van der Waals surface area (Å²) in [7, 11) is 0. The van der Waals surface area contributed by atoms with Crippen LogP contribution in [0.3, 0.4) is 0 Å². The van der Waals surface area contributed by atoms with Crippen LogP contribution in [0.4, 0.5) is 11.4 Å². The lowest BCUT2D eigenvalue weighted by Gasteiger charge is -2.29. The normalized spacial score (nSPS) is 13.2. The number of hydrogen-bond acceptors (Lipinski definition) is 5. The topological polar surface area (TPSA) is 93.4 Å². The van der Waals surface area contributed by atoms with E-state index in [2.05, 4.69) is 4.98 Å². The van der Waals surface area contributed by atoms with E-state index in [1.54, 1.807) is 29.3 Å². The molecule has 0 saturated heterocycles. The molecular formula is C18H17N3O4. The van der Waals surface area contributed by atoms with Crippen LogP contribution in [0.2, 0.25) is 0 Å². The maximum Gasteiger partial charge on any atom is 0.271 e. The minimum atomic E-state index is -0.469. The quantitative estimate of drug-likeness (QED) is 0.474. The molecule has 7 heteroatoms. The van der Waals surface area contributed by atoms with Gasteiger partial charge in [-0.15, -0.1) is 0 Å². The van der Waals surface area contributed by atoms with Crippen molar-refractivity contribution < 1.29 is 14.5 Å². The summed E-state index contributed by atoms with van der Waals surface area (Å²) in [5.74, 6) is -0.337. The number of fused-ring (bicyclic) bond motifs is 1. The average Bonchev–Trinajstić information content (AvgIpc) is 2.65. The van der Waals surface area contributed by atoms with Gasteiger partial charge in [0.2, 0.25) is 5.91 Å². The molecule has 0 radical (unpaired) electrons. The van der Waals surface area contributed by atoms with Gasteiger partial charge >= 0.3 is 0 Å². The Bertz CT molecular complexity index is 820. The van der Waals surface area contributed by atoms with E-state index in [0.717, 1.165) is 18.4 Å². The van der Waals surface area contributed by atoms with Crippen molar-refractivity contribution in [3.8, 4) is 0 Å². The monoisotopic (exact) mass is 339 g/mol. The molecular weight excluding hydrogens is 322 g/mol. The Kier molecular flexibility index (Phi) is 4.83. The van der Waals surface area contributed by atoms with Crippen LogP contribution in [-0.2, 0) is 11.2 Å². The summed E-state index contributed by atoms with van der Waals surface area (Å²) in [6.07, 6.45) is 4.80. The van der Waals surface area contributed by atoms with E-state index in [-0.39, 0.29) is 30.2 Å². The first-order chi connectivity index (χ1) is 12.1. The molecule has 25 heavy (non-hydrogen) atoms. The second kappa shape index (κ2) is 7.21. The van der Waals surface area contributed by atoms with Gasteiger partial charge < -0.3 is 4.90 Å². The Morgan fingerprint density at radius 2 is 2.08 bits per heavy atom. The third-order valence-electron chi connectivity index (χ3n) is 4.25. The maximum absolute atomic E-state index is 12.6. The van der Waals surface area contributed by atoms with Crippen molar-refractivity contribution in [2.24, 2.45) is 0 Å². The van der Waals surface area contributed by atoms with E-state index in [0.29, 0.717) is 17.8 Å². The highest BCUT2D eigenvalue weighted by molar-refractivity contribution is 6.01. The molecule has 0 bridgehead atoms. The number of nitro groups is 1. The van der Waals surface area contributed by atoms with Crippen molar-refractivity contribution in [1.29, 1.82) is 0 Å². The van der Waals surface area contributed by atoms with Crippen molar-refractivity contribution in [2.75, 3.05) is 11.4 Å². The number of aromatic nitrogens is 1. The minimum Gasteiger partial charge on any atom is -0.312 e. The van der Waals surface area contributed by atoms with Crippen molar-refractivity contribution in [2.45, 2.75) is 25.7 Å². The van der Waals surface area contributed by atoms with Crippen molar-refractivity contribution in [3.05, 3.63) is 64.0 Å². The van der Waals surface area contributed by atoms with Crippen LogP contribution in [0.5, 0.6) is 0 Å². The molecule has 0 N–H and O–H groups in total. The Hall–Kier alpha value is -3.09. The van der Waals surface area contributed by atoms with Gasteiger partial charge in [-0.3, -0.25) is 24.7 Å². The summed E-state index contributed by atoms with van der Waals surface area (Å²) in [5, 5.41) is 11.0. The predicted molar refractivity (Wildman–Crippen MR) is 91.6 cm³/mol. The summed E-state index contributed by atoms with van der Waals surface area (Å²) < 4.78 is 0. The SMILES string of the molecule is O=C(CCC(=O)N1CCCc2ccc([N+](=O)[O-])cc21)c1cccnc1. The van der Waals surface area contributed by atoms with Gasteiger partial charge in [0.05, 0.1) is 10.6 Å². The molecule has 7 nitrogen and oxygen atoms in total. The highest BCUT2D eigenvalue weighted by Gasteiger charge is 2.25. The fourth-order valence-electron chi connectivity index (χ4n) is 2.96. The highest BCUT2D eigenvalue weighted by atomic mass is 16.6. The molecule has 1 aliphatic heterocycles. The molecule has 128 valence electrons. The van der Waals surface area contributed by atoms with Gasteiger partial charge in [0.15, 0.2) is 5.78 Å². The van der Waals surface area contributed by atoms with E-state index < -0.39 is 4.92 Å². The predicted octanol–water partition coefficient (Wildman–Crippen LogP) is 2.93. The lowest BCUT2D eigenvalue weighted by molar-refractivity contribution is -0.384. The van der Waals surface area contributed by atoms with Crippen LogP contribution in [0, 0.1) is 10.1 Å². The van der Waals surface area contributed by atoms with E-state index in [1.165, 1.54) is 18.3 Å². The molecule has 2 aromatic rings. The third-order valence-corrected chi connectivity index (χ3v) is 4.25. The number of carbonyl (C=O) groups excluding carboxylic acids is 2. The van der Waals surface area contributed by atoms with Crippen LogP contribution in [0.1, 0.15) is 35.2 Å². The number of Topliss-reactive ketones (excluding diaryl/α,β-unsaturated/α-hetero) is 1. The number of nitro benzene ring substituents is 1. The molecule has 3 rings (SSSR count). The standard InChI is InChI=1S/C18H17N3O4/c22-17(14-3-1-9-19-12-14)7-8-18(23)20-10-2-4-13-5-6-15(21(24)25)11-16(13)20/h1,3,5-6,9,11-12H,2,4,7-8,10H2. The molecule has 0 spiro atoms. The summed E-state index contributed by atoms with van der Waals surface area (Å²) >= 11 is 0. The zero-order valence-corrected chi connectivity index (χ0v) is 13.6. The van der Waals surface area contributed by atoms with Crippen LogP contribution >= 0.6 is 0 Å². The lowest BCUT2D eigenvalue weighted by atomic mass is 10.00. The number of nitrogens with zero attached hydrogens (tertiary/aromatic N) is 3. The Morgan fingerprint density at radius 1 is 1.24 bits per heavy atom. The summed E-state index contributed by atoms with van der Waals surface area (Å²) in [6, 6.07) is 7.94. The smallest absolute Gasteiger partial charge is 0.271 e. The number of rotatable bonds is 5. The first-order valence-corrected chi connectivity index (χ1v) is 8.07. The Balaban J connectivity index is 1.72. The molecule has 0 atom stereocenters. The van der Waals surface area contributed by atoms with Crippen LogP contribution in [0.15, 0.2) is 42.7 Å². The molecule has 1 aliphatic rings. The van der Waals surface area contributed by atoms with Crippen molar-refractivity contribution in [1.82, 2.24) is 4.98 Å². The number of benzene rings is 1. The Morgan fingerprint density at radius 3 is 2.80 bits per heavy atom. The van der Waals surface area contributed by atoms with Gasteiger partial charge in [0.1, 0.15) is 0 Å². The number of anilines is 1. The van der Waals surface area contributed by atoms with Gasteiger partial charge in [-0.25, -0.2) is 0 Å². The number of ketones is 1. The molecule has 1 aromatic carbocycles. The van der Waals surface area contributed by atoms with E-state index in [1.807, 2.05) is 0 Å². The number of non-ortho nitro benzene ring substituents is 1. The van der Waals surface area contributed by atoms with Gasteiger partial charge in [-0.2, -0.15) is 0 Å². The van der Waals surface area contributed by atoms with E-state index in [4.69, 9.17) is 0 Å². The minimum absolute atomic E-state index is 0.0371. The molecule has 1 aromatic heterocycles. The second-order valence-electron chi connectivity index (χ2n) is 5.88. The summed E-state index contributed by atoms with van der Waals surface area (Å²) in [5.41, 5.74) is 1.94. The van der Waals surface area contributed by atoms with Gasteiger partial charge in [-0.05, 0) is 30.5 Å². The zero-order valence-electron chi connectivity index (χ0n) is 13.6. The van der Waals surface area contributed by atoms with Crippen molar-refractivity contribution in [3.63, 3.8) is 0 Å². The average molecular weight is 339 g/mol. The largest absolute Gasteiger partial charge is 0.312 e. The highest BCUT2D eigenvalue weighted by Crippen LogP contribution is 2.31. The number of amides is 1. The lowest BCUT2D eigenvalue weighted by Crippen LogP contribution is -2.35. The van der Waals surface area contributed by atoms with Gasteiger partial charge in [-0.1, -0.05) is 6.07 Å². The molecule has 2 heterocycles. The summed E-state index contributed by atoms with van der Waals surface area (Å²) in [6.45, 7) is 0.508. The fourth-order valence-corrected chi connectivity index (χ4v) is 2.96. The number of hydrogen-bond donors (Lipinski definition) is 0. The van der Waals surface area contributed by atoms with Gasteiger partial charge in [0, 0.05) is 49.5 Å². The Labute approximate surface area is 144 Å². The molecule has 0 aliphatic carbocycles. The van der Waals surface area contributed by atoms with E-state index >= 15 is 0 Å². The molecule has 1 amide bonds. The maximum atomic E-state index is 12.6. The number of aryl methyl sites for hydroxylation is 1. The summed E-state index contributed by atoms with van der Waals surface area (Å²) in [4.78, 5) is 40.7. The number of carbonyl (C=O) groups is 2. The van der Waals surface area contributed by atoms with Crippen LogP contribution < -0.4 is 4.90 Å². The van der Waals surface area contributed by atoms with Crippen LogP contribution in [-0.4, -0.2) is 28.1 Å². The van der Waals surface area contributed by atoms with Crippen molar-refractivity contribution >= 4 is 23.1 Å². The number of pyridine rings is 1. The third kappa shape index (κ3) is 3.71. The van der Waals surface area contributed by atoms with E-state index in [9.17, 15) is 19.7 Å². The van der Waals surface area contributed by atoms with Crippen LogP contribution in [0.25, 0.3) is 0 Å². The van der Waals surface area contributed by atoms with Gasteiger partial charge in [0.25, 0.3) is 5.69 Å². The fraction of sp³-hybridized carbons (Fsp3) is 0.278. The molecule has 0 saturated carbocycles.